The predicted molar refractivity (Wildman–Crippen MR) is 121 cm³/mol. The number of hydrogen-bond acceptors (Lipinski definition) is 4. The van der Waals surface area contributed by atoms with E-state index in [-0.39, 0.29) is 29.5 Å². The van der Waals surface area contributed by atoms with Gasteiger partial charge in [-0.3, -0.25) is 9.59 Å². The van der Waals surface area contributed by atoms with E-state index in [1.165, 1.54) is 11.3 Å². The third-order valence-electron chi connectivity index (χ3n) is 6.02. The fourth-order valence-electron chi connectivity index (χ4n) is 4.29. The number of carbonyl (C=O) groups excluding carboxylic acids is 1. The first-order chi connectivity index (χ1) is 14.2. The van der Waals surface area contributed by atoms with Gasteiger partial charge in [-0.15, -0.1) is 11.3 Å². The molecule has 0 saturated heterocycles. The second kappa shape index (κ2) is 9.65. The molecular weight excluding hydrogens is 398 g/mol. The van der Waals surface area contributed by atoms with Crippen molar-refractivity contribution in [3.8, 4) is 5.75 Å². The topological polar surface area (TPSA) is 86.6 Å². The van der Waals surface area contributed by atoms with Crippen LogP contribution in [0.2, 0.25) is 0 Å². The molecule has 1 amide bonds. The van der Waals surface area contributed by atoms with Crippen LogP contribution in [0.1, 0.15) is 69.2 Å². The average Bonchev–Trinajstić information content (AvgIpc) is 3.08. The highest BCUT2D eigenvalue weighted by Gasteiger charge is 2.35. The third-order valence-corrected chi connectivity index (χ3v) is 6.98. The molecule has 1 saturated carbocycles. The Hall–Kier alpha value is -2.34. The van der Waals surface area contributed by atoms with E-state index in [2.05, 4.69) is 31.3 Å². The Morgan fingerprint density at radius 1 is 1.30 bits per heavy atom. The first-order valence-electron chi connectivity index (χ1n) is 10.6. The second-order valence-corrected chi connectivity index (χ2v) is 9.98. The lowest BCUT2D eigenvalue weighted by Gasteiger charge is -2.41. The van der Waals surface area contributed by atoms with E-state index in [0.29, 0.717) is 17.9 Å². The second-order valence-electron chi connectivity index (χ2n) is 9.07. The summed E-state index contributed by atoms with van der Waals surface area (Å²) in [5, 5.41) is 24.5. The minimum Gasteiger partial charge on any atom is -0.508 e. The zero-order chi connectivity index (χ0) is 21.7. The summed E-state index contributed by atoms with van der Waals surface area (Å²) in [5.74, 6) is -0.296. The standard InChI is InChI=1S/C24H31NO4S/c1-24(2)12-11-16(7-5-3-4-6-8-22(27)28)20(14-24)25-23(29)19-15-30-21-10-9-17(26)13-18(19)21/h3,5,9-10,13,15-16,20,26H,4,6-8,11-12,14H2,1-2H3,(H,25,29)(H,27,28)/b5-3+/t16-,20+/m1/s1. The van der Waals surface area contributed by atoms with Crippen molar-refractivity contribution >= 4 is 33.3 Å². The van der Waals surface area contributed by atoms with Crippen molar-refractivity contribution in [3.05, 3.63) is 41.3 Å². The highest BCUT2D eigenvalue weighted by molar-refractivity contribution is 7.17. The quantitative estimate of drug-likeness (QED) is 0.369. The maximum atomic E-state index is 13.1. The van der Waals surface area contributed by atoms with Crippen LogP contribution in [0.25, 0.3) is 10.1 Å². The van der Waals surface area contributed by atoms with Gasteiger partial charge in [-0.05, 0) is 68.1 Å². The summed E-state index contributed by atoms with van der Waals surface area (Å²) in [4.78, 5) is 23.7. The Labute approximate surface area is 181 Å². The Kier molecular flexibility index (Phi) is 7.19. The predicted octanol–water partition coefficient (Wildman–Crippen LogP) is 5.73. The van der Waals surface area contributed by atoms with Gasteiger partial charge in [-0.1, -0.05) is 26.0 Å². The number of allylic oxidation sites excluding steroid dienone is 2. The van der Waals surface area contributed by atoms with Gasteiger partial charge in [0.25, 0.3) is 5.91 Å². The van der Waals surface area contributed by atoms with Gasteiger partial charge in [0.05, 0.1) is 5.56 Å². The van der Waals surface area contributed by atoms with E-state index in [1.54, 1.807) is 12.1 Å². The highest BCUT2D eigenvalue weighted by Crippen LogP contribution is 2.40. The van der Waals surface area contributed by atoms with Crippen LogP contribution in [0.5, 0.6) is 5.75 Å². The number of aromatic hydroxyl groups is 1. The first kappa shape index (κ1) is 22.3. The fraction of sp³-hybridized carbons (Fsp3) is 0.500. The number of carboxylic acid groups (broad SMARTS) is 1. The van der Waals surface area contributed by atoms with Crippen LogP contribution in [0.15, 0.2) is 35.7 Å². The number of nitrogens with one attached hydrogen (secondary N) is 1. The normalized spacial score (nSPS) is 21.1. The molecule has 3 rings (SSSR count). The van der Waals surface area contributed by atoms with Crippen LogP contribution in [0, 0.1) is 11.3 Å². The lowest BCUT2D eigenvalue weighted by Crippen LogP contribution is -2.46. The first-order valence-corrected chi connectivity index (χ1v) is 11.5. The molecule has 0 spiro atoms. The van der Waals surface area contributed by atoms with Gasteiger partial charge in [0.15, 0.2) is 0 Å². The van der Waals surface area contributed by atoms with E-state index >= 15 is 0 Å². The zero-order valence-electron chi connectivity index (χ0n) is 17.7. The van der Waals surface area contributed by atoms with Gasteiger partial charge in [0, 0.05) is 27.9 Å². The molecule has 1 aliphatic rings. The Balaban J connectivity index is 1.66. The number of phenols is 1. The van der Waals surface area contributed by atoms with Crippen LogP contribution < -0.4 is 5.32 Å². The molecule has 0 bridgehead atoms. The van der Waals surface area contributed by atoms with Gasteiger partial charge in [-0.2, -0.15) is 0 Å². The van der Waals surface area contributed by atoms with E-state index in [0.717, 1.165) is 42.2 Å². The summed E-state index contributed by atoms with van der Waals surface area (Å²) in [6, 6.07) is 5.23. The van der Waals surface area contributed by atoms with E-state index in [1.807, 2.05) is 11.4 Å². The van der Waals surface area contributed by atoms with Crippen LogP contribution in [-0.2, 0) is 4.79 Å². The molecule has 1 aliphatic carbocycles. The number of phenolic OH excluding ortho intramolecular Hbond substituents is 1. The molecule has 1 fully saturated rings. The number of hydrogen-bond donors (Lipinski definition) is 3. The Morgan fingerprint density at radius 3 is 2.87 bits per heavy atom. The molecule has 6 heteroatoms. The number of carbonyl (C=O) groups is 2. The molecule has 0 radical (unpaired) electrons. The highest BCUT2D eigenvalue weighted by atomic mass is 32.1. The number of amides is 1. The molecule has 1 heterocycles. The molecule has 0 aliphatic heterocycles. The van der Waals surface area contributed by atoms with Crippen molar-refractivity contribution in [1.82, 2.24) is 5.32 Å². The van der Waals surface area contributed by atoms with Crippen molar-refractivity contribution in [2.45, 2.75) is 64.8 Å². The lowest BCUT2D eigenvalue weighted by molar-refractivity contribution is -0.137. The number of carboxylic acids is 1. The van der Waals surface area contributed by atoms with Crippen molar-refractivity contribution in [2.75, 3.05) is 0 Å². The number of aliphatic carboxylic acids is 1. The summed E-state index contributed by atoms with van der Waals surface area (Å²) >= 11 is 1.51. The number of unbranched alkanes of at least 4 members (excludes halogenated alkanes) is 1. The van der Waals surface area contributed by atoms with Crippen molar-refractivity contribution in [1.29, 1.82) is 0 Å². The van der Waals surface area contributed by atoms with Crippen molar-refractivity contribution in [3.63, 3.8) is 0 Å². The molecule has 2 atom stereocenters. The number of fused-ring (bicyclic) bond motifs is 1. The molecule has 5 nitrogen and oxygen atoms in total. The lowest BCUT2D eigenvalue weighted by atomic mass is 9.69. The minimum absolute atomic E-state index is 0.0787. The van der Waals surface area contributed by atoms with Crippen LogP contribution in [0.4, 0.5) is 0 Å². The molecule has 162 valence electrons. The van der Waals surface area contributed by atoms with E-state index in [9.17, 15) is 14.7 Å². The van der Waals surface area contributed by atoms with Crippen LogP contribution in [-0.4, -0.2) is 28.1 Å². The van der Waals surface area contributed by atoms with Gasteiger partial charge in [-0.25, -0.2) is 0 Å². The average molecular weight is 430 g/mol. The molecule has 2 aromatic rings. The van der Waals surface area contributed by atoms with Crippen molar-refractivity contribution < 1.29 is 19.8 Å². The summed E-state index contributed by atoms with van der Waals surface area (Å²) in [5.41, 5.74) is 0.812. The summed E-state index contributed by atoms with van der Waals surface area (Å²) in [6.07, 6.45) is 9.84. The van der Waals surface area contributed by atoms with Gasteiger partial charge in [0.1, 0.15) is 5.75 Å². The molecule has 1 aromatic heterocycles. The molecule has 30 heavy (non-hydrogen) atoms. The van der Waals surface area contributed by atoms with E-state index < -0.39 is 5.97 Å². The summed E-state index contributed by atoms with van der Waals surface area (Å²) in [6.45, 7) is 4.50. The molecule has 3 N–H and O–H groups in total. The Bertz CT molecular complexity index is 930. The summed E-state index contributed by atoms with van der Waals surface area (Å²) < 4.78 is 0.989. The molecule has 0 unspecified atom stereocenters. The molecule has 1 aromatic carbocycles. The largest absolute Gasteiger partial charge is 0.508 e. The third kappa shape index (κ3) is 5.85. The van der Waals surface area contributed by atoms with Gasteiger partial charge in [0.2, 0.25) is 0 Å². The van der Waals surface area contributed by atoms with Crippen LogP contribution >= 0.6 is 11.3 Å². The number of thiophene rings is 1. The van der Waals surface area contributed by atoms with Crippen molar-refractivity contribution in [2.24, 2.45) is 11.3 Å². The Morgan fingerprint density at radius 2 is 2.10 bits per heavy atom. The molecular formula is C24H31NO4S. The number of rotatable bonds is 8. The van der Waals surface area contributed by atoms with Gasteiger partial charge < -0.3 is 15.5 Å². The monoisotopic (exact) mass is 429 g/mol. The summed E-state index contributed by atoms with van der Waals surface area (Å²) in [7, 11) is 0. The zero-order valence-corrected chi connectivity index (χ0v) is 18.5. The maximum absolute atomic E-state index is 13.1. The maximum Gasteiger partial charge on any atom is 0.303 e. The minimum atomic E-state index is -0.755. The fourth-order valence-corrected chi connectivity index (χ4v) is 5.21. The van der Waals surface area contributed by atoms with E-state index in [4.69, 9.17) is 5.11 Å². The van der Waals surface area contributed by atoms with Gasteiger partial charge >= 0.3 is 5.97 Å². The number of benzene rings is 1. The SMILES string of the molecule is CC1(C)CC[C@@H](C/C=C/CCCC(=O)O)[C@@H](NC(=O)c2csc3ccc(O)cc23)C1. The van der Waals surface area contributed by atoms with Crippen LogP contribution in [0.3, 0.4) is 0 Å². The smallest absolute Gasteiger partial charge is 0.303 e.